The number of carbonyl (C=O) groups excluding carboxylic acids is 1. The zero-order valence-corrected chi connectivity index (χ0v) is 19.6. The van der Waals surface area contributed by atoms with Gasteiger partial charge in [-0.05, 0) is 55.0 Å². The first-order chi connectivity index (χ1) is 16.3. The number of anilines is 2. The molecule has 11 heteroatoms. The van der Waals surface area contributed by atoms with Crippen molar-refractivity contribution in [1.82, 2.24) is 15.1 Å². The van der Waals surface area contributed by atoms with E-state index >= 15 is 0 Å². The average molecular weight is 498 g/mol. The number of pyridine rings is 1. The molecule has 2 N–H and O–H groups in total. The number of aryl methyl sites for hydroxylation is 2. The number of carbonyl (C=O) groups is 1. The molecule has 0 spiro atoms. The summed E-state index contributed by atoms with van der Waals surface area (Å²) in [5.41, 5.74) is 1.93. The highest BCUT2D eigenvalue weighted by Gasteiger charge is 2.19. The Bertz CT molecular complexity index is 1420. The SMILES string of the molecule is Cc1ccc(NC(=O)CCc2nc(-c3cccnc3)no2)cc1S(=O)(=O)Nc1cccc(Cl)c1. The Hall–Kier alpha value is -3.76. The monoisotopic (exact) mass is 497 g/mol. The third-order valence-corrected chi connectivity index (χ3v) is 6.55. The summed E-state index contributed by atoms with van der Waals surface area (Å²) in [7, 11) is -3.90. The number of nitrogens with one attached hydrogen (secondary N) is 2. The Morgan fingerprint density at radius 1 is 1.09 bits per heavy atom. The molecule has 2 heterocycles. The van der Waals surface area contributed by atoms with E-state index in [-0.39, 0.29) is 23.6 Å². The number of hydrogen-bond donors (Lipinski definition) is 2. The van der Waals surface area contributed by atoms with Crippen molar-refractivity contribution in [1.29, 1.82) is 0 Å². The summed E-state index contributed by atoms with van der Waals surface area (Å²) in [6.45, 7) is 1.67. The summed E-state index contributed by atoms with van der Waals surface area (Å²) in [6, 6.07) is 14.6. The van der Waals surface area contributed by atoms with E-state index in [1.165, 1.54) is 12.1 Å². The molecule has 0 bridgehead atoms. The molecule has 34 heavy (non-hydrogen) atoms. The Balaban J connectivity index is 1.41. The van der Waals surface area contributed by atoms with Gasteiger partial charge in [-0.3, -0.25) is 14.5 Å². The Morgan fingerprint density at radius 3 is 2.71 bits per heavy atom. The second-order valence-corrected chi connectivity index (χ2v) is 9.48. The first-order valence-corrected chi connectivity index (χ1v) is 12.1. The second-order valence-electron chi connectivity index (χ2n) is 7.40. The zero-order chi connectivity index (χ0) is 24.1. The molecule has 0 atom stereocenters. The van der Waals surface area contributed by atoms with Gasteiger partial charge in [0.2, 0.25) is 17.6 Å². The van der Waals surface area contributed by atoms with Gasteiger partial charge in [-0.25, -0.2) is 8.42 Å². The van der Waals surface area contributed by atoms with Crippen molar-refractivity contribution < 1.29 is 17.7 Å². The molecular weight excluding hydrogens is 478 g/mol. The molecule has 0 saturated carbocycles. The number of nitrogens with zero attached hydrogens (tertiary/aromatic N) is 3. The van der Waals surface area contributed by atoms with Crippen LogP contribution in [0.2, 0.25) is 5.02 Å². The molecule has 0 fully saturated rings. The van der Waals surface area contributed by atoms with Gasteiger partial charge in [0.25, 0.3) is 10.0 Å². The fraction of sp³-hybridized carbons (Fsp3) is 0.130. The van der Waals surface area contributed by atoms with Crippen LogP contribution in [-0.2, 0) is 21.2 Å². The first-order valence-electron chi connectivity index (χ1n) is 10.2. The van der Waals surface area contributed by atoms with Crippen LogP contribution in [0.3, 0.4) is 0 Å². The van der Waals surface area contributed by atoms with Crippen LogP contribution in [0.5, 0.6) is 0 Å². The van der Waals surface area contributed by atoms with E-state index in [4.69, 9.17) is 16.1 Å². The third-order valence-electron chi connectivity index (χ3n) is 4.79. The van der Waals surface area contributed by atoms with E-state index in [1.807, 2.05) is 0 Å². The second kappa shape index (κ2) is 10.0. The van der Waals surface area contributed by atoms with Crippen LogP contribution in [-0.4, -0.2) is 29.4 Å². The highest BCUT2D eigenvalue weighted by molar-refractivity contribution is 7.92. The fourth-order valence-corrected chi connectivity index (χ4v) is 4.65. The van der Waals surface area contributed by atoms with Crippen LogP contribution in [0, 0.1) is 6.92 Å². The van der Waals surface area contributed by atoms with Gasteiger partial charge in [0, 0.05) is 41.5 Å². The van der Waals surface area contributed by atoms with Crippen LogP contribution in [0.25, 0.3) is 11.4 Å². The molecule has 4 rings (SSSR count). The summed E-state index contributed by atoms with van der Waals surface area (Å²) in [6.07, 6.45) is 3.56. The van der Waals surface area contributed by atoms with Crippen LogP contribution in [0.15, 0.2) is 76.4 Å². The van der Waals surface area contributed by atoms with Crippen molar-refractivity contribution in [3.63, 3.8) is 0 Å². The minimum Gasteiger partial charge on any atom is -0.339 e. The minimum atomic E-state index is -3.90. The van der Waals surface area contributed by atoms with Crippen LogP contribution in [0.1, 0.15) is 17.9 Å². The van der Waals surface area contributed by atoms with E-state index in [0.717, 1.165) is 0 Å². The van der Waals surface area contributed by atoms with Crippen LogP contribution >= 0.6 is 11.6 Å². The molecule has 0 radical (unpaired) electrons. The van der Waals surface area contributed by atoms with Gasteiger partial charge in [0.05, 0.1) is 10.6 Å². The lowest BCUT2D eigenvalue weighted by Gasteiger charge is -2.13. The van der Waals surface area contributed by atoms with Gasteiger partial charge >= 0.3 is 0 Å². The largest absolute Gasteiger partial charge is 0.339 e. The smallest absolute Gasteiger partial charge is 0.262 e. The zero-order valence-electron chi connectivity index (χ0n) is 18.0. The number of hydrogen-bond acceptors (Lipinski definition) is 7. The van der Waals surface area contributed by atoms with Gasteiger partial charge in [-0.2, -0.15) is 4.98 Å². The summed E-state index contributed by atoms with van der Waals surface area (Å²) in [5, 5.41) is 7.02. The van der Waals surface area contributed by atoms with E-state index in [0.29, 0.717) is 39.2 Å². The number of rotatable bonds is 8. The lowest BCUT2D eigenvalue weighted by molar-refractivity contribution is -0.116. The first kappa shape index (κ1) is 23.4. The van der Waals surface area contributed by atoms with Gasteiger partial charge < -0.3 is 9.84 Å². The lowest BCUT2D eigenvalue weighted by Crippen LogP contribution is -2.16. The molecule has 2 aromatic carbocycles. The van der Waals surface area contributed by atoms with E-state index in [2.05, 4.69) is 25.2 Å². The standard InChI is InChI=1S/C23H20ClN5O4S/c1-15-7-8-18(13-20(15)34(31,32)29-19-6-2-5-17(24)12-19)26-21(30)9-10-22-27-23(28-33-22)16-4-3-11-25-14-16/h2-8,11-14,29H,9-10H2,1H3,(H,26,30). The average Bonchev–Trinajstić information content (AvgIpc) is 3.28. The van der Waals surface area contributed by atoms with Crippen LogP contribution in [0.4, 0.5) is 11.4 Å². The minimum absolute atomic E-state index is 0.0447. The van der Waals surface area contributed by atoms with Crippen LogP contribution < -0.4 is 10.0 Å². The number of sulfonamides is 1. The van der Waals surface area contributed by atoms with Gasteiger partial charge in [0.1, 0.15) is 0 Å². The van der Waals surface area contributed by atoms with E-state index in [9.17, 15) is 13.2 Å². The Labute approximate surface area is 201 Å². The topological polar surface area (TPSA) is 127 Å². The maximum Gasteiger partial charge on any atom is 0.262 e. The highest BCUT2D eigenvalue weighted by Crippen LogP contribution is 2.24. The van der Waals surface area contributed by atoms with Crippen molar-refractivity contribution in [2.45, 2.75) is 24.7 Å². The van der Waals surface area contributed by atoms with Crippen molar-refractivity contribution in [3.8, 4) is 11.4 Å². The molecule has 2 aromatic heterocycles. The molecule has 4 aromatic rings. The highest BCUT2D eigenvalue weighted by atomic mass is 35.5. The van der Waals surface area contributed by atoms with Crippen molar-refractivity contribution in [3.05, 3.63) is 83.5 Å². The maximum atomic E-state index is 12.9. The normalized spacial score (nSPS) is 11.2. The maximum absolute atomic E-state index is 12.9. The number of aromatic nitrogens is 3. The molecular formula is C23H20ClN5O4S. The molecule has 0 aliphatic rings. The predicted molar refractivity (Wildman–Crippen MR) is 128 cm³/mol. The molecule has 0 aliphatic carbocycles. The van der Waals surface area contributed by atoms with Gasteiger partial charge in [-0.15, -0.1) is 0 Å². The number of benzene rings is 2. The molecule has 174 valence electrons. The number of amides is 1. The van der Waals surface area contributed by atoms with Gasteiger partial charge in [0.15, 0.2) is 0 Å². The molecule has 0 saturated heterocycles. The molecule has 9 nitrogen and oxygen atoms in total. The van der Waals surface area contributed by atoms with Gasteiger partial charge in [-0.1, -0.05) is 28.9 Å². The molecule has 0 aliphatic heterocycles. The third kappa shape index (κ3) is 5.77. The number of halogens is 1. The van der Waals surface area contributed by atoms with Crippen molar-refractivity contribution in [2.75, 3.05) is 10.0 Å². The summed E-state index contributed by atoms with van der Waals surface area (Å²) in [4.78, 5) is 20.8. The summed E-state index contributed by atoms with van der Waals surface area (Å²) >= 11 is 5.94. The predicted octanol–water partition coefficient (Wildman–Crippen LogP) is 4.47. The quantitative estimate of drug-likeness (QED) is 0.367. The van der Waals surface area contributed by atoms with Crippen molar-refractivity contribution in [2.24, 2.45) is 0 Å². The van der Waals surface area contributed by atoms with E-state index < -0.39 is 10.0 Å². The fourth-order valence-electron chi connectivity index (χ4n) is 3.14. The Morgan fingerprint density at radius 2 is 1.94 bits per heavy atom. The summed E-state index contributed by atoms with van der Waals surface area (Å²) in [5.74, 6) is 0.382. The lowest BCUT2D eigenvalue weighted by atomic mass is 10.2. The summed E-state index contributed by atoms with van der Waals surface area (Å²) < 4.78 is 33.5. The van der Waals surface area contributed by atoms with E-state index in [1.54, 1.807) is 61.8 Å². The molecule has 0 unspecified atom stereocenters. The van der Waals surface area contributed by atoms with Crippen molar-refractivity contribution >= 4 is 38.9 Å². The molecule has 1 amide bonds. The Kier molecular flexibility index (Phi) is 6.90.